The highest BCUT2D eigenvalue weighted by Crippen LogP contribution is 2.35. The standard InChI is InChI=1S/C20H24ClN3O3/c1-24-8-4-5-14-9-13(6-7-17(14)24)12-22-20(25)23-16-10-15(21)18(26-2)11-19(16)27-3/h6-7,9-11H,4-5,8,12H2,1-3H3,(H2,22,23,25). The van der Waals surface area contributed by atoms with E-state index in [1.807, 2.05) is 6.07 Å². The highest BCUT2D eigenvalue weighted by atomic mass is 35.5. The van der Waals surface area contributed by atoms with Gasteiger partial charge < -0.3 is 25.0 Å². The van der Waals surface area contributed by atoms with Crippen molar-refractivity contribution < 1.29 is 14.3 Å². The van der Waals surface area contributed by atoms with Crippen LogP contribution in [-0.2, 0) is 13.0 Å². The second-order valence-electron chi connectivity index (χ2n) is 6.48. The Bertz CT molecular complexity index is 841. The smallest absolute Gasteiger partial charge is 0.319 e. The molecule has 0 radical (unpaired) electrons. The van der Waals surface area contributed by atoms with Gasteiger partial charge >= 0.3 is 6.03 Å². The third kappa shape index (κ3) is 4.39. The van der Waals surface area contributed by atoms with Gasteiger partial charge in [0, 0.05) is 31.9 Å². The lowest BCUT2D eigenvalue weighted by Crippen LogP contribution is -2.29. The number of hydrogen-bond donors (Lipinski definition) is 2. The van der Waals surface area contributed by atoms with E-state index in [2.05, 4.69) is 34.7 Å². The Morgan fingerprint density at radius 1 is 1.19 bits per heavy atom. The molecule has 144 valence electrons. The summed E-state index contributed by atoms with van der Waals surface area (Å²) in [7, 11) is 5.16. The zero-order valence-electron chi connectivity index (χ0n) is 15.8. The third-order valence-electron chi connectivity index (χ3n) is 4.67. The van der Waals surface area contributed by atoms with Gasteiger partial charge in [0.25, 0.3) is 0 Å². The lowest BCUT2D eigenvalue weighted by Gasteiger charge is -2.27. The molecule has 27 heavy (non-hydrogen) atoms. The number of aryl methyl sites for hydroxylation is 1. The van der Waals surface area contributed by atoms with Gasteiger partial charge in [-0.05, 0) is 36.1 Å². The Morgan fingerprint density at radius 3 is 2.70 bits per heavy atom. The summed E-state index contributed by atoms with van der Waals surface area (Å²) in [6.07, 6.45) is 2.22. The van der Waals surface area contributed by atoms with Crippen LogP contribution < -0.4 is 25.0 Å². The summed E-state index contributed by atoms with van der Waals surface area (Å²) in [6.45, 7) is 1.52. The summed E-state index contributed by atoms with van der Waals surface area (Å²) in [5.74, 6) is 0.960. The SMILES string of the molecule is COc1cc(OC)c(NC(=O)NCc2ccc3c(c2)CCCN3C)cc1Cl. The number of carbonyl (C=O) groups is 1. The fourth-order valence-electron chi connectivity index (χ4n) is 3.26. The molecule has 1 heterocycles. The Hall–Kier alpha value is -2.60. The minimum atomic E-state index is -0.329. The average molecular weight is 390 g/mol. The van der Waals surface area contributed by atoms with Crippen LogP contribution in [0.5, 0.6) is 11.5 Å². The van der Waals surface area contributed by atoms with Gasteiger partial charge in [0.2, 0.25) is 0 Å². The lowest BCUT2D eigenvalue weighted by molar-refractivity contribution is 0.251. The Balaban J connectivity index is 1.64. The maximum atomic E-state index is 12.3. The minimum absolute atomic E-state index is 0.329. The normalized spacial score (nSPS) is 13.0. The van der Waals surface area contributed by atoms with E-state index >= 15 is 0 Å². The molecule has 0 saturated carbocycles. The highest BCUT2D eigenvalue weighted by Gasteiger charge is 2.15. The molecule has 7 heteroatoms. The van der Waals surface area contributed by atoms with Gasteiger partial charge in [-0.3, -0.25) is 0 Å². The van der Waals surface area contributed by atoms with E-state index in [0.717, 1.165) is 24.9 Å². The number of rotatable bonds is 5. The molecule has 0 saturated heterocycles. The predicted octanol–water partition coefficient (Wildman–Crippen LogP) is 4.06. The van der Waals surface area contributed by atoms with E-state index in [-0.39, 0.29) is 6.03 Å². The molecule has 0 aliphatic carbocycles. The lowest BCUT2D eigenvalue weighted by atomic mass is 9.99. The predicted molar refractivity (Wildman–Crippen MR) is 108 cm³/mol. The average Bonchev–Trinajstić information content (AvgIpc) is 2.67. The zero-order valence-corrected chi connectivity index (χ0v) is 16.5. The van der Waals surface area contributed by atoms with E-state index in [0.29, 0.717) is 28.8 Å². The van der Waals surface area contributed by atoms with Crippen LogP contribution in [0.15, 0.2) is 30.3 Å². The summed E-state index contributed by atoms with van der Waals surface area (Å²) in [5.41, 5.74) is 4.14. The van der Waals surface area contributed by atoms with Crippen molar-refractivity contribution in [3.8, 4) is 11.5 Å². The largest absolute Gasteiger partial charge is 0.495 e. The quantitative estimate of drug-likeness (QED) is 0.809. The summed E-state index contributed by atoms with van der Waals surface area (Å²) >= 11 is 6.14. The van der Waals surface area contributed by atoms with E-state index in [1.54, 1.807) is 12.1 Å². The van der Waals surface area contributed by atoms with E-state index in [9.17, 15) is 4.79 Å². The van der Waals surface area contributed by atoms with Crippen LogP contribution in [0.25, 0.3) is 0 Å². The Morgan fingerprint density at radius 2 is 1.96 bits per heavy atom. The molecule has 6 nitrogen and oxygen atoms in total. The summed E-state index contributed by atoms with van der Waals surface area (Å²) in [4.78, 5) is 14.6. The number of carbonyl (C=O) groups excluding carboxylic acids is 1. The van der Waals surface area contributed by atoms with Crippen LogP contribution in [-0.4, -0.2) is 33.8 Å². The van der Waals surface area contributed by atoms with Gasteiger partial charge in [-0.25, -0.2) is 4.79 Å². The molecule has 0 aromatic heterocycles. The summed E-state index contributed by atoms with van der Waals surface area (Å²) in [6, 6.07) is 9.24. The molecule has 2 aromatic rings. The molecule has 0 atom stereocenters. The third-order valence-corrected chi connectivity index (χ3v) is 4.97. The maximum absolute atomic E-state index is 12.3. The van der Waals surface area contributed by atoms with E-state index in [1.165, 1.54) is 25.5 Å². The molecule has 2 amide bonds. The molecular formula is C20H24ClN3O3. The number of amides is 2. The second-order valence-corrected chi connectivity index (χ2v) is 6.89. The van der Waals surface area contributed by atoms with Crippen molar-refractivity contribution in [2.24, 2.45) is 0 Å². The van der Waals surface area contributed by atoms with Gasteiger partial charge in [0.1, 0.15) is 11.5 Å². The number of methoxy groups -OCH3 is 2. The van der Waals surface area contributed by atoms with Crippen molar-refractivity contribution in [1.29, 1.82) is 0 Å². The van der Waals surface area contributed by atoms with Crippen LogP contribution in [0.1, 0.15) is 17.5 Å². The van der Waals surface area contributed by atoms with Crippen LogP contribution in [0.4, 0.5) is 16.2 Å². The Labute approximate surface area is 164 Å². The number of fused-ring (bicyclic) bond motifs is 1. The topological polar surface area (TPSA) is 62.8 Å². The number of benzene rings is 2. The van der Waals surface area contributed by atoms with Crippen molar-refractivity contribution >= 4 is 29.0 Å². The van der Waals surface area contributed by atoms with Crippen molar-refractivity contribution in [3.63, 3.8) is 0 Å². The fourth-order valence-corrected chi connectivity index (χ4v) is 3.50. The van der Waals surface area contributed by atoms with Gasteiger partial charge in [-0.2, -0.15) is 0 Å². The summed E-state index contributed by atoms with van der Waals surface area (Å²) in [5, 5.41) is 6.04. The molecule has 0 unspecified atom stereocenters. The van der Waals surface area contributed by atoms with E-state index < -0.39 is 0 Å². The number of nitrogens with zero attached hydrogens (tertiary/aromatic N) is 1. The number of hydrogen-bond acceptors (Lipinski definition) is 4. The number of nitrogens with one attached hydrogen (secondary N) is 2. The fraction of sp³-hybridized carbons (Fsp3) is 0.350. The molecule has 2 N–H and O–H groups in total. The highest BCUT2D eigenvalue weighted by molar-refractivity contribution is 6.32. The van der Waals surface area contributed by atoms with Gasteiger partial charge in [0.15, 0.2) is 0 Å². The van der Waals surface area contributed by atoms with Gasteiger partial charge in [0.05, 0.1) is 24.9 Å². The van der Waals surface area contributed by atoms with Crippen LogP contribution in [0.3, 0.4) is 0 Å². The maximum Gasteiger partial charge on any atom is 0.319 e. The number of urea groups is 1. The van der Waals surface area contributed by atoms with Crippen LogP contribution in [0.2, 0.25) is 5.02 Å². The first-order valence-corrected chi connectivity index (χ1v) is 9.19. The second kappa shape index (κ2) is 8.39. The van der Waals surface area contributed by atoms with Crippen molar-refractivity contribution in [1.82, 2.24) is 5.32 Å². The zero-order chi connectivity index (χ0) is 19.4. The molecule has 0 spiro atoms. The first kappa shape index (κ1) is 19.2. The molecule has 2 aromatic carbocycles. The molecule has 3 rings (SSSR count). The monoisotopic (exact) mass is 389 g/mol. The molecular weight excluding hydrogens is 366 g/mol. The van der Waals surface area contributed by atoms with Crippen molar-refractivity contribution in [2.75, 3.05) is 38.0 Å². The molecule has 1 aliphatic heterocycles. The Kier molecular flexibility index (Phi) is 5.96. The minimum Gasteiger partial charge on any atom is -0.495 e. The van der Waals surface area contributed by atoms with Gasteiger partial charge in [-0.15, -0.1) is 0 Å². The van der Waals surface area contributed by atoms with Crippen molar-refractivity contribution in [3.05, 3.63) is 46.5 Å². The molecule has 0 bridgehead atoms. The van der Waals surface area contributed by atoms with Crippen molar-refractivity contribution in [2.45, 2.75) is 19.4 Å². The number of ether oxygens (including phenoxy) is 2. The van der Waals surface area contributed by atoms with E-state index in [4.69, 9.17) is 21.1 Å². The first-order valence-electron chi connectivity index (χ1n) is 8.81. The number of halogens is 1. The van der Waals surface area contributed by atoms with Crippen LogP contribution >= 0.6 is 11.6 Å². The van der Waals surface area contributed by atoms with Gasteiger partial charge in [-0.1, -0.05) is 23.7 Å². The molecule has 1 aliphatic rings. The summed E-state index contributed by atoms with van der Waals surface area (Å²) < 4.78 is 10.5. The number of anilines is 2. The van der Waals surface area contributed by atoms with Crippen LogP contribution in [0, 0.1) is 0 Å². The first-order chi connectivity index (χ1) is 13.0. The molecule has 0 fully saturated rings.